The average molecular weight is 376 g/mol. The molecule has 24 heavy (non-hydrogen) atoms. The van der Waals surface area contributed by atoms with Crippen molar-refractivity contribution < 1.29 is 58.9 Å². The number of carbonyl (C=O) groups is 2. The van der Waals surface area contributed by atoms with Crippen LogP contribution in [-0.2, 0) is 14.3 Å². The lowest BCUT2D eigenvalue weighted by molar-refractivity contribution is -0.398. The molecule has 1 N–H and O–H groups in total. The van der Waals surface area contributed by atoms with Gasteiger partial charge in [0, 0.05) is 12.2 Å². The molecule has 13 heteroatoms. The molecule has 0 aromatic rings. The number of ether oxygens (including phenoxy) is 1. The molecule has 4 nitrogen and oxygen atoms in total. The van der Waals surface area contributed by atoms with E-state index in [9.17, 15) is 49.1 Å². The van der Waals surface area contributed by atoms with E-state index in [1.54, 1.807) is 0 Å². The Morgan fingerprint density at radius 1 is 0.958 bits per heavy atom. The largest absolute Gasteiger partial charge is 0.478 e. The van der Waals surface area contributed by atoms with E-state index < -0.39 is 48.4 Å². The molecule has 0 aliphatic rings. The molecule has 0 spiro atoms. The third-order valence-electron chi connectivity index (χ3n) is 2.43. The van der Waals surface area contributed by atoms with Gasteiger partial charge in [-0.1, -0.05) is 0 Å². The lowest BCUT2D eigenvalue weighted by Crippen LogP contribution is -2.61. The second-order valence-corrected chi connectivity index (χ2v) is 4.47. The lowest BCUT2D eigenvalue weighted by atomic mass is 9.99. The van der Waals surface area contributed by atoms with Gasteiger partial charge in [0.05, 0.1) is 6.42 Å². The summed E-state index contributed by atoms with van der Waals surface area (Å²) < 4.78 is 117. The quantitative estimate of drug-likeness (QED) is 0.420. The second-order valence-electron chi connectivity index (χ2n) is 4.47. The Hall–Kier alpha value is -1.95. The number of hydrogen-bond acceptors (Lipinski definition) is 3. The van der Waals surface area contributed by atoms with Crippen molar-refractivity contribution in [1.29, 1.82) is 0 Å². The number of carbonyl (C=O) groups excluding carboxylic acids is 1. The van der Waals surface area contributed by atoms with Crippen molar-refractivity contribution in [3.05, 3.63) is 12.2 Å². The van der Waals surface area contributed by atoms with Crippen LogP contribution in [0.25, 0.3) is 0 Å². The van der Waals surface area contributed by atoms with E-state index in [4.69, 9.17) is 5.11 Å². The van der Waals surface area contributed by atoms with Gasteiger partial charge in [-0.15, -0.1) is 0 Å². The maximum atomic E-state index is 13.2. The Bertz CT molecular complexity index is 510. The molecule has 1 unspecified atom stereocenters. The molecule has 0 aromatic heterocycles. The molecule has 0 saturated heterocycles. The number of aliphatic carboxylic acids is 1. The van der Waals surface area contributed by atoms with Gasteiger partial charge in [-0.3, -0.25) is 0 Å². The molecule has 1 atom stereocenters. The zero-order valence-electron chi connectivity index (χ0n) is 11.5. The summed E-state index contributed by atoms with van der Waals surface area (Å²) in [7, 11) is 0. The van der Waals surface area contributed by atoms with Gasteiger partial charge in [-0.25, -0.2) is 9.59 Å². The molecule has 140 valence electrons. The van der Waals surface area contributed by atoms with E-state index in [2.05, 4.69) is 4.74 Å². The summed E-state index contributed by atoms with van der Waals surface area (Å²) in [5, 5.41) is 8.15. The number of halogens is 9. The lowest BCUT2D eigenvalue weighted by Gasteiger charge is -2.34. The molecular weight excluding hydrogens is 367 g/mol. The van der Waals surface area contributed by atoms with Crippen molar-refractivity contribution in [2.24, 2.45) is 0 Å². The molecule has 0 rings (SSSR count). The van der Waals surface area contributed by atoms with Crippen LogP contribution in [0.2, 0.25) is 0 Å². The van der Waals surface area contributed by atoms with Crippen molar-refractivity contribution in [2.75, 3.05) is 0 Å². The monoisotopic (exact) mass is 376 g/mol. The van der Waals surface area contributed by atoms with Crippen LogP contribution in [0, 0.1) is 0 Å². The predicted molar refractivity (Wildman–Crippen MR) is 57.8 cm³/mol. The number of rotatable bonds is 7. The van der Waals surface area contributed by atoms with Gasteiger partial charge in [-0.05, 0) is 6.92 Å². The Morgan fingerprint density at radius 2 is 1.42 bits per heavy atom. The fourth-order valence-corrected chi connectivity index (χ4v) is 1.32. The highest BCUT2D eigenvalue weighted by molar-refractivity contribution is 5.90. The molecule has 0 heterocycles. The first-order chi connectivity index (χ1) is 10.5. The van der Waals surface area contributed by atoms with Gasteiger partial charge < -0.3 is 9.84 Å². The van der Waals surface area contributed by atoms with Gasteiger partial charge >= 0.3 is 35.9 Å². The molecule has 0 bridgehead atoms. The van der Waals surface area contributed by atoms with Crippen LogP contribution in [0.5, 0.6) is 0 Å². The summed E-state index contributed by atoms with van der Waals surface area (Å²) in [4.78, 5) is 21.0. The zero-order chi connectivity index (χ0) is 19.6. The van der Waals surface area contributed by atoms with Crippen LogP contribution >= 0.6 is 0 Å². The van der Waals surface area contributed by atoms with Crippen molar-refractivity contribution >= 4 is 11.9 Å². The van der Waals surface area contributed by atoms with E-state index in [0.29, 0.717) is 6.92 Å². The van der Waals surface area contributed by atoms with E-state index in [1.165, 1.54) is 0 Å². The number of hydrogen-bond donors (Lipinski definition) is 1. The normalized spacial score (nSPS) is 15.4. The van der Waals surface area contributed by atoms with Crippen LogP contribution < -0.4 is 0 Å². The Balaban J connectivity index is 5.19. The standard InChI is InChI=1S/C11H9F9O4/c1-5(24-7(23)3-2-6(21)22)4-8(12,13)9(14,15)10(16,17)11(18,19)20/h2-3,5H,4H2,1H3,(H,21,22)/b3-2+. The Morgan fingerprint density at radius 3 is 1.79 bits per heavy atom. The molecule has 0 fully saturated rings. The van der Waals surface area contributed by atoms with E-state index >= 15 is 0 Å². The minimum Gasteiger partial charge on any atom is -0.478 e. The van der Waals surface area contributed by atoms with Crippen molar-refractivity contribution in [1.82, 2.24) is 0 Å². The first kappa shape index (κ1) is 22.1. The summed E-state index contributed by atoms with van der Waals surface area (Å²) in [6.45, 7) is 0.516. The van der Waals surface area contributed by atoms with Crippen molar-refractivity contribution in [3.63, 3.8) is 0 Å². The molecule has 0 amide bonds. The first-order valence-electron chi connectivity index (χ1n) is 5.77. The average Bonchev–Trinajstić information content (AvgIpc) is 2.33. The van der Waals surface area contributed by atoms with Gasteiger partial charge in [0.15, 0.2) is 0 Å². The van der Waals surface area contributed by atoms with Gasteiger partial charge in [-0.2, -0.15) is 39.5 Å². The number of alkyl halides is 9. The van der Waals surface area contributed by atoms with Crippen LogP contribution in [0.15, 0.2) is 12.2 Å². The molecular formula is C11H9F9O4. The van der Waals surface area contributed by atoms with E-state index in [0.717, 1.165) is 0 Å². The number of esters is 1. The van der Waals surface area contributed by atoms with Crippen molar-refractivity contribution in [3.8, 4) is 0 Å². The van der Waals surface area contributed by atoms with Crippen LogP contribution in [0.3, 0.4) is 0 Å². The molecule has 0 radical (unpaired) electrons. The molecule has 0 aromatic carbocycles. The topological polar surface area (TPSA) is 63.6 Å². The predicted octanol–water partition coefficient (Wildman–Crippen LogP) is 3.42. The van der Waals surface area contributed by atoms with Crippen molar-refractivity contribution in [2.45, 2.75) is 43.4 Å². The minimum atomic E-state index is -7.03. The maximum absolute atomic E-state index is 13.2. The molecule has 0 aliphatic heterocycles. The Kier molecular flexibility index (Phi) is 6.33. The third kappa shape index (κ3) is 4.77. The number of carboxylic acids is 1. The highest BCUT2D eigenvalue weighted by Crippen LogP contribution is 2.54. The van der Waals surface area contributed by atoms with E-state index in [-0.39, 0.29) is 12.2 Å². The fraction of sp³-hybridized carbons (Fsp3) is 0.636. The van der Waals surface area contributed by atoms with Gasteiger partial charge in [0.1, 0.15) is 6.10 Å². The Labute approximate surface area is 127 Å². The summed E-state index contributed by atoms with van der Waals surface area (Å²) in [5.41, 5.74) is 0. The van der Waals surface area contributed by atoms with Gasteiger partial charge in [0.2, 0.25) is 0 Å². The summed E-state index contributed by atoms with van der Waals surface area (Å²) in [5.74, 6) is -23.0. The smallest absolute Gasteiger partial charge is 0.460 e. The van der Waals surface area contributed by atoms with Crippen LogP contribution in [0.1, 0.15) is 13.3 Å². The summed E-state index contributed by atoms with van der Waals surface area (Å²) in [6, 6.07) is 0. The highest BCUT2D eigenvalue weighted by atomic mass is 19.4. The first-order valence-corrected chi connectivity index (χ1v) is 5.77. The summed E-state index contributed by atoms with van der Waals surface area (Å²) >= 11 is 0. The molecule has 0 aliphatic carbocycles. The summed E-state index contributed by atoms with van der Waals surface area (Å²) in [6.07, 6.45) is -11.1. The molecule has 0 saturated carbocycles. The van der Waals surface area contributed by atoms with Gasteiger partial charge in [0.25, 0.3) is 0 Å². The second kappa shape index (κ2) is 6.89. The van der Waals surface area contributed by atoms with E-state index in [1.807, 2.05) is 0 Å². The fourth-order valence-electron chi connectivity index (χ4n) is 1.32. The van der Waals surface area contributed by atoms with Crippen LogP contribution in [-0.4, -0.2) is 47.1 Å². The highest BCUT2D eigenvalue weighted by Gasteiger charge is 2.81. The zero-order valence-corrected chi connectivity index (χ0v) is 11.5. The number of carboxylic acid groups (broad SMARTS) is 1. The SMILES string of the molecule is CC(CC(F)(F)C(F)(F)C(F)(F)C(F)(F)F)OC(=O)/C=C/C(=O)O. The third-order valence-corrected chi connectivity index (χ3v) is 2.43. The minimum absolute atomic E-state index is 0.194. The maximum Gasteiger partial charge on any atom is 0.460 e. The van der Waals surface area contributed by atoms with Crippen LogP contribution in [0.4, 0.5) is 39.5 Å².